The summed E-state index contributed by atoms with van der Waals surface area (Å²) in [4.78, 5) is 13.2. The fourth-order valence-corrected chi connectivity index (χ4v) is 4.13. The maximum Gasteiger partial charge on any atom is 0.495 e. The molecule has 2 rings (SSSR count). The van der Waals surface area contributed by atoms with Gasteiger partial charge in [0.2, 0.25) is 0 Å². The average Bonchev–Trinajstić information content (AvgIpc) is 2.71. The van der Waals surface area contributed by atoms with E-state index in [1.54, 1.807) is 0 Å². The molecule has 4 nitrogen and oxygen atoms in total. The molecule has 0 aromatic heterocycles. The van der Waals surface area contributed by atoms with E-state index in [-0.39, 0.29) is 5.97 Å². The van der Waals surface area contributed by atoms with Gasteiger partial charge in [-0.05, 0) is 91.4 Å². The van der Waals surface area contributed by atoms with Crippen LogP contribution in [0.2, 0.25) is 19.6 Å². The predicted molar refractivity (Wildman–Crippen MR) is 132 cm³/mol. The fourth-order valence-electron chi connectivity index (χ4n) is 3.63. The monoisotopic (exact) mass is 442 g/mol. The number of ether oxygens (including phenoxy) is 1. The van der Waals surface area contributed by atoms with Crippen molar-refractivity contribution in [3.8, 4) is 11.5 Å². The molecule has 6 heteroatoms. The quantitative estimate of drug-likeness (QED) is 0.363. The van der Waals surface area contributed by atoms with Crippen LogP contribution in [0.4, 0.5) is 0 Å². The van der Waals surface area contributed by atoms with Crippen LogP contribution < -0.4 is 5.46 Å². The van der Waals surface area contributed by atoms with Gasteiger partial charge in [0.15, 0.2) is 0 Å². The molecular weight excluding hydrogens is 403 g/mol. The molecule has 1 aromatic rings. The Bertz CT molecular complexity index is 937. The van der Waals surface area contributed by atoms with Crippen LogP contribution in [0.25, 0.3) is 0 Å². The van der Waals surface area contributed by atoms with Gasteiger partial charge in [-0.3, -0.25) is 0 Å². The van der Waals surface area contributed by atoms with Crippen molar-refractivity contribution in [2.45, 2.75) is 106 Å². The van der Waals surface area contributed by atoms with Crippen LogP contribution in [0.3, 0.4) is 0 Å². The van der Waals surface area contributed by atoms with Gasteiger partial charge in [0.05, 0.1) is 16.8 Å². The molecule has 1 saturated heterocycles. The van der Waals surface area contributed by atoms with Gasteiger partial charge < -0.3 is 14.0 Å². The number of hydrogen-bond acceptors (Lipinski definition) is 4. The minimum atomic E-state index is -1.62. The van der Waals surface area contributed by atoms with Crippen LogP contribution >= 0.6 is 0 Å². The van der Waals surface area contributed by atoms with Gasteiger partial charge in [0.1, 0.15) is 13.7 Å². The van der Waals surface area contributed by atoms with Crippen LogP contribution in [0.5, 0.6) is 0 Å². The first-order valence-corrected chi connectivity index (χ1v) is 14.5. The van der Waals surface area contributed by atoms with Gasteiger partial charge in [0.25, 0.3) is 0 Å². The van der Waals surface area contributed by atoms with Crippen molar-refractivity contribution < 1.29 is 18.8 Å². The molecule has 1 aromatic carbocycles. The summed E-state index contributed by atoms with van der Waals surface area (Å²) in [6, 6.07) is 0. The lowest BCUT2D eigenvalue weighted by Gasteiger charge is -2.32. The zero-order valence-corrected chi connectivity index (χ0v) is 22.7. The Morgan fingerprint density at radius 2 is 1.42 bits per heavy atom. The number of carbonyl (C=O) groups is 1. The molecule has 0 saturated carbocycles. The molecule has 0 spiro atoms. The largest absolute Gasteiger partial charge is 0.495 e. The van der Waals surface area contributed by atoms with Gasteiger partial charge in [-0.2, -0.15) is 0 Å². The standard InChI is InChI=1S/C25H39BO4Si/c1-16-19(14-15-31(11,12)13)17(2)21(26-29-24(7,8)25(9,10)30-26)18(3)20(16)22(27)28-23(4,5)6/h1-13H3. The molecule has 0 aliphatic carbocycles. The van der Waals surface area contributed by atoms with Gasteiger partial charge in [-0.15, -0.1) is 5.54 Å². The smallest absolute Gasteiger partial charge is 0.456 e. The second-order valence-corrected chi connectivity index (χ2v) is 16.4. The van der Waals surface area contributed by atoms with E-state index in [0.717, 1.165) is 27.7 Å². The van der Waals surface area contributed by atoms with Crippen molar-refractivity contribution in [3.63, 3.8) is 0 Å². The maximum atomic E-state index is 13.2. The molecule has 1 aliphatic rings. The Labute approximate surface area is 190 Å². The summed E-state index contributed by atoms with van der Waals surface area (Å²) in [7, 11) is -2.19. The van der Waals surface area contributed by atoms with Crippen LogP contribution in [0, 0.1) is 32.2 Å². The first kappa shape index (κ1) is 25.7. The molecule has 0 bridgehead atoms. The first-order chi connectivity index (χ1) is 13.8. The minimum absolute atomic E-state index is 0.337. The van der Waals surface area contributed by atoms with Gasteiger partial charge in [-0.25, -0.2) is 4.79 Å². The Morgan fingerprint density at radius 3 is 1.84 bits per heavy atom. The molecule has 1 fully saturated rings. The van der Waals surface area contributed by atoms with Crippen LogP contribution in [0.1, 0.15) is 81.1 Å². The minimum Gasteiger partial charge on any atom is -0.456 e. The zero-order valence-electron chi connectivity index (χ0n) is 21.7. The van der Waals surface area contributed by atoms with Gasteiger partial charge in [-0.1, -0.05) is 25.6 Å². The maximum absolute atomic E-state index is 13.2. The molecule has 0 unspecified atom stereocenters. The van der Waals surface area contributed by atoms with E-state index in [2.05, 4.69) is 31.1 Å². The number of esters is 1. The first-order valence-electron chi connectivity index (χ1n) is 11.0. The fraction of sp³-hybridized carbons (Fsp3) is 0.640. The van der Waals surface area contributed by atoms with Crippen molar-refractivity contribution in [2.24, 2.45) is 0 Å². The average molecular weight is 442 g/mol. The Kier molecular flexibility index (Phi) is 6.72. The highest BCUT2D eigenvalue weighted by molar-refractivity contribution is 6.83. The second kappa shape index (κ2) is 8.10. The van der Waals surface area contributed by atoms with Crippen molar-refractivity contribution in [3.05, 3.63) is 27.8 Å². The molecule has 0 atom stereocenters. The third-order valence-electron chi connectivity index (χ3n) is 5.96. The van der Waals surface area contributed by atoms with Crippen molar-refractivity contribution in [1.29, 1.82) is 0 Å². The summed E-state index contributed by atoms with van der Waals surface area (Å²) in [6.07, 6.45) is 0. The lowest BCUT2D eigenvalue weighted by molar-refractivity contribution is 0.00578. The van der Waals surface area contributed by atoms with E-state index in [1.807, 2.05) is 69.2 Å². The van der Waals surface area contributed by atoms with Gasteiger partial charge >= 0.3 is 13.1 Å². The van der Waals surface area contributed by atoms with Crippen LogP contribution in [-0.4, -0.2) is 38.0 Å². The molecule has 170 valence electrons. The van der Waals surface area contributed by atoms with Crippen molar-refractivity contribution in [1.82, 2.24) is 0 Å². The molecule has 1 aliphatic heterocycles. The topological polar surface area (TPSA) is 44.8 Å². The molecule has 1 heterocycles. The third-order valence-corrected chi connectivity index (χ3v) is 6.84. The highest BCUT2D eigenvalue weighted by Gasteiger charge is 2.53. The van der Waals surface area contributed by atoms with E-state index in [9.17, 15) is 4.79 Å². The number of carbonyl (C=O) groups excluding carboxylic acids is 1. The number of rotatable bonds is 2. The molecule has 0 radical (unpaired) electrons. The number of hydrogen-bond donors (Lipinski definition) is 0. The highest BCUT2D eigenvalue weighted by Crippen LogP contribution is 2.37. The highest BCUT2D eigenvalue weighted by atomic mass is 28.3. The van der Waals surface area contributed by atoms with E-state index < -0.39 is 32.0 Å². The van der Waals surface area contributed by atoms with E-state index >= 15 is 0 Å². The van der Waals surface area contributed by atoms with Gasteiger partial charge in [0, 0.05) is 5.56 Å². The Balaban J connectivity index is 2.80. The summed E-state index contributed by atoms with van der Waals surface area (Å²) in [5, 5.41) is 0. The SMILES string of the molecule is Cc1c(C#C[Si](C)(C)C)c(C)c(C(=O)OC(C)(C)C)c(C)c1B1OC(C)(C)C(C)(C)O1. The van der Waals surface area contributed by atoms with E-state index in [1.165, 1.54) is 0 Å². The lowest BCUT2D eigenvalue weighted by Crippen LogP contribution is -2.41. The summed E-state index contributed by atoms with van der Waals surface area (Å²) in [5.41, 5.74) is 6.93. The normalized spacial score (nSPS) is 17.9. The predicted octanol–water partition coefficient (Wildman–Crippen LogP) is 5.10. The second-order valence-electron chi connectivity index (χ2n) is 11.6. The van der Waals surface area contributed by atoms with Crippen LogP contribution in [0.15, 0.2) is 0 Å². The summed E-state index contributed by atoms with van der Waals surface area (Å²) in [5.74, 6) is 3.07. The molecule has 0 amide bonds. The molecule has 31 heavy (non-hydrogen) atoms. The molecule has 0 N–H and O–H groups in total. The Morgan fingerprint density at radius 1 is 0.935 bits per heavy atom. The zero-order chi connectivity index (χ0) is 24.2. The third kappa shape index (κ3) is 5.45. The van der Waals surface area contributed by atoms with Crippen molar-refractivity contribution >= 4 is 26.6 Å². The summed E-state index contributed by atoms with van der Waals surface area (Å²) in [6.45, 7) is 26.4. The van der Waals surface area contributed by atoms with Crippen molar-refractivity contribution in [2.75, 3.05) is 0 Å². The summed E-state index contributed by atoms with van der Waals surface area (Å²) < 4.78 is 18.5. The summed E-state index contributed by atoms with van der Waals surface area (Å²) >= 11 is 0. The van der Waals surface area contributed by atoms with E-state index in [0.29, 0.717) is 5.56 Å². The molecular formula is C25H39BO4Si. The number of benzene rings is 1. The lowest BCUT2D eigenvalue weighted by atomic mass is 9.70. The van der Waals surface area contributed by atoms with Crippen LogP contribution in [-0.2, 0) is 14.0 Å². The van der Waals surface area contributed by atoms with E-state index in [4.69, 9.17) is 14.0 Å². The Hall–Kier alpha value is -1.55.